The summed E-state index contributed by atoms with van der Waals surface area (Å²) in [6, 6.07) is 8.30. The minimum Gasteiger partial charge on any atom is -0.497 e. The summed E-state index contributed by atoms with van der Waals surface area (Å²) in [6.07, 6.45) is 0. The van der Waals surface area contributed by atoms with Gasteiger partial charge < -0.3 is 14.4 Å². The van der Waals surface area contributed by atoms with Crippen LogP contribution in [0.1, 0.15) is 6.92 Å². The molecule has 4 nitrogen and oxygen atoms in total. The van der Waals surface area contributed by atoms with Crippen LogP contribution in [0, 0.1) is 0 Å². The van der Waals surface area contributed by atoms with E-state index in [2.05, 4.69) is 28.0 Å². The summed E-state index contributed by atoms with van der Waals surface area (Å²) in [5.74, 6) is 0.927. The van der Waals surface area contributed by atoms with Gasteiger partial charge in [0.25, 0.3) is 0 Å². The molecule has 1 aliphatic rings. The van der Waals surface area contributed by atoms with Crippen molar-refractivity contribution in [1.82, 2.24) is 4.90 Å². The van der Waals surface area contributed by atoms with E-state index in [0.717, 1.165) is 51.7 Å². The molecule has 0 N–H and O–H groups in total. The number of ether oxygens (including phenoxy) is 2. The van der Waals surface area contributed by atoms with E-state index in [1.807, 2.05) is 13.0 Å². The molecule has 0 saturated carbocycles. The fourth-order valence-corrected chi connectivity index (χ4v) is 2.37. The lowest BCUT2D eigenvalue weighted by Crippen LogP contribution is -2.47. The van der Waals surface area contributed by atoms with Gasteiger partial charge in [0, 0.05) is 51.1 Å². The summed E-state index contributed by atoms with van der Waals surface area (Å²) < 4.78 is 10.7. The van der Waals surface area contributed by atoms with E-state index >= 15 is 0 Å². The highest BCUT2D eigenvalue weighted by molar-refractivity contribution is 5.51. The van der Waals surface area contributed by atoms with Crippen LogP contribution in [-0.2, 0) is 4.74 Å². The molecule has 0 radical (unpaired) electrons. The minimum atomic E-state index is 0.809. The first-order valence-corrected chi connectivity index (χ1v) is 7.02. The van der Waals surface area contributed by atoms with Gasteiger partial charge in [-0.05, 0) is 19.1 Å². The Bertz CT molecular complexity index is 376. The lowest BCUT2D eigenvalue weighted by molar-refractivity contribution is 0.111. The molecule has 0 unspecified atom stereocenters. The molecular formula is C15H24N2O2. The quantitative estimate of drug-likeness (QED) is 0.732. The molecule has 4 heteroatoms. The molecule has 0 spiro atoms. The predicted octanol–water partition coefficient (Wildman–Crippen LogP) is 1.85. The third kappa shape index (κ3) is 4.11. The van der Waals surface area contributed by atoms with Gasteiger partial charge in [-0.1, -0.05) is 6.07 Å². The van der Waals surface area contributed by atoms with Gasteiger partial charge in [-0.15, -0.1) is 0 Å². The van der Waals surface area contributed by atoms with Gasteiger partial charge in [0.05, 0.1) is 13.7 Å². The molecule has 0 amide bonds. The number of methoxy groups -OCH3 is 1. The van der Waals surface area contributed by atoms with Crippen LogP contribution in [0.3, 0.4) is 0 Å². The first kappa shape index (κ1) is 14.2. The highest BCUT2D eigenvalue weighted by Gasteiger charge is 2.16. The fraction of sp³-hybridized carbons (Fsp3) is 0.600. The SMILES string of the molecule is CCOCCN1CCN(c2cccc(OC)c2)CC1. The second-order valence-corrected chi connectivity index (χ2v) is 4.73. The third-order valence-corrected chi connectivity index (χ3v) is 3.55. The predicted molar refractivity (Wildman–Crippen MR) is 78.1 cm³/mol. The molecule has 0 atom stereocenters. The van der Waals surface area contributed by atoms with Crippen molar-refractivity contribution in [1.29, 1.82) is 0 Å². The average Bonchev–Trinajstić information content (AvgIpc) is 2.48. The second kappa shape index (κ2) is 7.36. The summed E-state index contributed by atoms with van der Waals surface area (Å²) in [7, 11) is 1.71. The van der Waals surface area contributed by atoms with Crippen molar-refractivity contribution in [3.8, 4) is 5.75 Å². The Balaban J connectivity index is 1.82. The number of hydrogen-bond donors (Lipinski definition) is 0. The molecule has 0 aromatic heterocycles. The zero-order valence-electron chi connectivity index (χ0n) is 12.0. The molecular weight excluding hydrogens is 240 g/mol. The van der Waals surface area contributed by atoms with Gasteiger partial charge in [0.15, 0.2) is 0 Å². The van der Waals surface area contributed by atoms with E-state index in [0.29, 0.717) is 0 Å². The van der Waals surface area contributed by atoms with Crippen LogP contribution in [0.25, 0.3) is 0 Å². The van der Waals surface area contributed by atoms with Crippen molar-refractivity contribution in [3.63, 3.8) is 0 Å². The van der Waals surface area contributed by atoms with Crippen LogP contribution in [0.2, 0.25) is 0 Å². The van der Waals surface area contributed by atoms with Gasteiger partial charge in [0.2, 0.25) is 0 Å². The maximum absolute atomic E-state index is 5.41. The number of nitrogens with zero attached hydrogens (tertiary/aromatic N) is 2. The van der Waals surface area contributed by atoms with Crippen molar-refractivity contribution in [2.24, 2.45) is 0 Å². The zero-order valence-corrected chi connectivity index (χ0v) is 12.0. The largest absolute Gasteiger partial charge is 0.497 e. The highest BCUT2D eigenvalue weighted by atomic mass is 16.5. The topological polar surface area (TPSA) is 24.9 Å². The van der Waals surface area contributed by atoms with Crippen molar-refractivity contribution in [2.75, 3.05) is 57.9 Å². The van der Waals surface area contributed by atoms with Crippen LogP contribution in [0.5, 0.6) is 5.75 Å². The number of benzene rings is 1. The van der Waals surface area contributed by atoms with Crippen LogP contribution in [0.4, 0.5) is 5.69 Å². The minimum absolute atomic E-state index is 0.809. The molecule has 2 rings (SSSR count). The Morgan fingerprint density at radius 1 is 1.16 bits per heavy atom. The van der Waals surface area contributed by atoms with Crippen LogP contribution < -0.4 is 9.64 Å². The molecule has 1 aliphatic heterocycles. The molecule has 1 heterocycles. The fourth-order valence-electron chi connectivity index (χ4n) is 2.37. The van der Waals surface area contributed by atoms with Gasteiger partial charge in [-0.3, -0.25) is 4.90 Å². The van der Waals surface area contributed by atoms with Gasteiger partial charge in [-0.2, -0.15) is 0 Å². The number of piperazine rings is 1. The number of rotatable bonds is 6. The molecule has 106 valence electrons. The van der Waals surface area contributed by atoms with E-state index in [-0.39, 0.29) is 0 Å². The van der Waals surface area contributed by atoms with Crippen LogP contribution >= 0.6 is 0 Å². The van der Waals surface area contributed by atoms with Crippen molar-refractivity contribution < 1.29 is 9.47 Å². The molecule has 1 aromatic carbocycles. The van der Waals surface area contributed by atoms with E-state index < -0.39 is 0 Å². The molecule has 19 heavy (non-hydrogen) atoms. The smallest absolute Gasteiger partial charge is 0.120 e. The second-order valence-electron chi connectivity index (χ2n) is 4.73. The number of hydrogen-bond acceptors (Lipinski definition) is 4. The third-order valence-electron chi connectivity index (χ3n) is 3.55. The Labute approximate surface area is 115 Å². The molecule has 0 bridgehead atoms. The van der Waals surface area contributed by atoms with E-state index in [1.54, 1.807) is 7.11 Å². The molecule has 1 saturated heterocycles. The summed E-state index contributed by atoms with van der Waals surface area (Å²) >= 11 is 0. The van der Waals surface area contributed by atoms with Gasteiger partial charge in [-0.25, -0.2) is 0 Å². The monoisotopic (exact) mass is 264 g/mol. The van der Waals surface area contributed by atoms with Gasteiger partial charge in [0.1, 0.15) is 5.75 Å². The first-order chi connectivity index (χ1) is 9.33. The molecule has 1 fully saturated rings. The zero-order chi connectivity index (χ0) is 13.5. The summed E-state index contributed by atoms with van der Waals surface area (Å²) in [5.41, 5.74) is 1.25. The van der Waals surface area contributed by atoms with E-state index in [1.165, 1.54) is 5.69 Å². The lowest BCUT2D eigenvalue weighted by atomic mass is 10.2. The van der Waals surface area contributed by atoms with Crippen LogP contribution in [0.15, 0.2) is 24.3 Å². The lowest BCUT2D eigenvalue weighted by Gasteiger charge is -2.36. The van der Waals surface area contributed by atoms with Gasteiger partial charge >= 0.3 is 0 Å². The average molecular weight is 264 g/mol. The first-order valence-electron chi connectivity index (χ1n) is 7.02. The van der Waals surface area contributed by atoms with Crippen molar-refractivity contribution >= 4 is 5.69 Å². The Morgan fingerprint density at radius 2 is 1.95 bits per heavy atom. The van der Waals surface area contributed by atoms with E-state index in [9.17, 15) is 0 Å². The van der Waals surface area contributed by atoms with E-state index in [4.69, 9.17) is 9.47 Å². The Hall–Kier alpha value is -1.26. The standard InChI is InChI=1S/C15H24N2O2/c1-3-19-12-11-16-7-9-17(10-8-16)14-5-4-6-15(13-14)18-2/h4-6,13H,3,7-12H2,1-2H3. The number of anilines is 1. The summed E-state index contributed by atoms with van der Waals surface area (Å²) in [5, 5.41) is 0. The Morgan fingerprint density at radius 3 is 2.63 bits per heavy atom. The highest BCUT2D eigenvalue weighted by Crippen LogP contribution is 2.21. The summed E-state index contributed by atoms with van der Waals surface area (Å²) in [4.78, 5) is 4.88. The Kier molecular flexibility index (Phi) is 5.48. The molecule has 0 aliphatic carbocycles. The normalized spacial score (nSPS) is 16.6. The maximum Gasteiger partial charge on any atom is 0.120 e. The summed E-state index contributed by atoms with van der Waals surface area (Å²) in [6.45, 7) is 9.08. The van der Waals surface area contributed by atoms with Crippen LogP contribution in [-0.4, -0.2) is 57.9 Å². The van der Waals surface area contributed by atoms with Crippen molar-refractivity contribution in [3.05, 3.63) is 24.3 Å². The molecule has 1 aromatic rings. The maximum atomic E-state index is 5.41. The van der Waals surface area contributed by atoms with Crippen molar-refractivity contribution in [2.45, 2.75) is 6.92 Å².